The van der Waals surface area contributed by atoms with Crippen LogP contribution in [0.3, 0.4) is 0 Å². The Morgan fingerprint density at radius 3 is 2.77 bits per heavy atom. The number of likely N-dealkylation sites (tertiary alicyclic amines) is 1. The first-order valence-electron chi connectivity index (χ1n) is 12.4. The van der Waals surface area contributed by atoms with Gasteiger partial charge in [-0.05, 0) is 50.1 Å². The van der Waals surface area contributed by atoms with Crippen molar-refractivity contribution in [2.75, 3.05) is 26.2 Å². The number of rotatable bonds is 8. The summed E-state index contributed by atoms with van der Waals surface area (Å²) in [4.78, 5) is 42.4. The van der Waals surface area contributed by atoms with Crippen LogP contribution in [0.5, 0.6) is 0 Å². The number of para-hydroxylation sites is 2. The van der Waals surface area contributed by atoms with Crippen molar-refractivity contribution in [1.82, 2.24) is 24.8 Å². The molecule has 1 atom stereocenters. The average Bonchev–Trinajstić information content (AvgIpc) is 3.32. The number of benzene rings is 2. The maximum Gasteiger partial charge on any atom is 0.258 e. The Labute approximate surface area is 208 Å². The van der Waals surface area contributed by atoms with Gasteiger partial charge in [0.05, 0.1) is 39.2 Å². The standard InChI is InChI=1S/C27H31N5O2S/c1-2-3-14-31(17-24-28-21-11-5-4-10-20(21)26(34)30-24)18-25(33)32-15-8-9-19(16-32)27-29-22-12-6-7-13-23(22)35-27/h4-7,10-13,19H,2-3,8-9,14-18H2,1H3,(H,28,30,34)/t19-/m1/s1. The van der Waals surface area contributed by atoms with Gasteiger partial charge in [0.25, 0.3) is 5.56 Å². The van der Waals surface area contributed by atoms with Gasteiger partial charge in [0.15, 0.2) is 0 Å². The van der Waals surface area contributed by atoms with Crippen LogP contribution in [0.4, 0.5) is 0 Å². The third-order valence-electron chi connectivity index (χ3n) is 6.66. The van der Waals surface area contributed by atoms with Gasteiger partial charge < -0.3 is 9.88 Å². The van der Waals surface area contributed by atoms with E-state index >= 15 is 0 Å². The van der Waals surface area contributed by atoms with Gasteiger partial charge in [0.1, 0.15) is 5.82 Å². The van der Waals surface area contributed by atoms with Gasteiger partial charge >= 0.3 is 0 Å². The highest BCUT2D eigenvalue weighted by atomic mass is 32.1. The van der Waals surface area contributed by atoms with Gasteiger partial charge in [-0.3, -0.25) is 14.5 Å². The summed E-state index contributed by atoms with van der Waals surface area (Å²) in [7, 11) is 0. The highest BCUT2D eigenvalue weighted by Crippen LogP contribution is 2.33. The minimum atomic E-state index is -0.137. The lowest BCUT2D eigenvalue weighted by atomic mass is 9.98. The molecule has 4 aromatic rings. The third-order valence-corrected chi connectivity index (χ3v) is 7.85. The molecule has 0 radical (unpaired) electrons. The summed E-state index contributed by atoms with van der Waals surface area (Å²) in [5.41, 5.74) is 1.59. The molecule has 1 fully saturated rings. The number of aromatic amines is 1. The second-order valence-electron chi connectivity index (χ2n) is 9.29. The first-order chi connectivity index (χ1) is 17.1. The van der Waals surface area contributed by atoms with Crippen LogP contribution >= 0.6 is 11.3 Å². The molecule has 3 heterocycles. The second kappa shape index (κ2) is 10.7. The molecule has 1 N–H and O–H groups in total. The molecule has 0 spiro atoms. The van der Waals surface area contributed by atoms with Crippen molar-refractivity contribution < 1.29 is 4.79 Å². The largest absolute Gasteiger partial charge is 0.341 e. The fourth-order valence-corrected chi connectivity index (χ4v) is 5.87. The fraction of sp³-hybridized carbons (Fsp3) is 0.407. The van der Waals surface area contributed by atoms with Gasteiger partial charge in [-0.1, -0.05) is 37.6 Å². The Morgan fingerprint density at radius 2 is 1.94 bits per heavy atom. The predicted molar refractivity (Wildman–Crippen MR) is 141 cm³/mol. The number of nitrogens with zero attached hydrogens (tertiary/aromatic N) is 4. The number of fused-ring (bicyclic) bond motifs is 2. The summed E-state index contributed by atoms with van der Waals surface area (Å²) in [6.45, 7) is 5.19. The van der Waals surface area contributed by atoms with Crippen molar-refractivity contribution in [3.63, 3.8) is 0 Å². The number of unbranched alkanes of at least 4 members (excludes halogenated alkanes) is 1. The van der Waals surface area contributed by atoms with E-state index in [9.17, 15) is 9.59 Å². The lowest BCUT2D eigenvalue weighted by Gasteiger charge is -2.33. The van der Waals surface area contributed by atoms with Gasteiger partial charge in [-0.2, -0.15) is 0 Å². The summed E-state index contributed by atoms with van der Waals surface area (Å²) in [6.07, 6.45) is 4.07. The van der Waals surface area contributed by atoms with Crippen LogP contribution in [-0.2, 0) is 11.3 Å². The smallest absolute Gasteiger partial charge is 0.258 e. The van der Waals surface area contributed by atoms with Gasteiger partial charge in [-0.25, -0.2) is 9.97 Å². The first-order valence-corrected chi connectivity index (χ1v) is 13.3. The Morgan fingerprint density at radius 1 is 1.14 bits per heavy atom. The monoisotopic (exact) mass is 489 g/mol. The Balaban J connectivity index is 1.28. The lowest BCUT2D eigenvalue weighted by Crippen LogP contribution is -2.45. The van der Waals surface area contributed by atoms with Crippen LogP contribution in [0.15, 0.2) is 53.3 Å². The molecule has 0 bridgehead atoms. The van der Waals surface area contributed by atoms with Crippen LogP contribution in [0.25, 0.3) is 21.1 Å². The molecule has 0 aliphatic carbocycles. The van der Waals surface area contributed by atoms with E-state index in [0.29, 0.717) is 36.4 Å². The highest BCUT2D eigenvalue weighted by molar-refractivity contribution is 7.18. The van der Waals surface area contributed by atoms with Crippen molar-refractivity contribution in [3.8, 4) is 0 Å². The first kappa shape index (κ1) is 23.6. The van der Waals surface area contributed by atoms with Gasteiger partial charge in [-0.15, -0.1) is 11.3 Å². The molecule has 35 heavy (non-hydrogen) atoms. The van der Waals surface area contributed by atoms with E-state index in [1.54, 1.807) is 17.4 Å². The van der Waals surface area contributed by atoms with Crippen LogP contribution in [0, 0.1) is 0 Å². The Hall–Kier alpha value is -3.10. The van der Waals surface area contributed by atoms with Crippen LogP contribution in [0.2, 0.25) is 0 Å². The molecule has 1 amide bonds. The second-order valence-corrected chi connectivity index (χ2v) is 10.4. The molecule has 8 heteroatoms. The van der Waals surface area contributed by atoms with Crippen molar-refractivity contribution >= 4 is 38.4 Å². The van der Waals surface area contributed by atoms with E-state index in [1.807, 2.05) is 35.2 Å². The van der Waals surface area contributed by atoms with E-state index in [4.69, 9.17) is 4.98 Å². The molecule has 1 aliphatic heterocycles. The molecular formula is C27H31N5O2S. The van der Waals surface area contributed by atoms with E-state index in [0.717, 1.165) is 49.3 Å². The minimum absolute atomic E-state index is 0.134. The van der Waals surface area contributed by atoms with E-state index in [-0.39, 0.29) is 17.4 Å². The number of nitrogens with one attached hydrogen (secondary N) is 1. The summed E-state index contributed by atoms with van der Waals surface area (Å²) < 4.78 is 1.20. The predicted octanol–water partition coefficient (Wildman–Crippen LogP) is 4.54. The van der Waals surface area contributed by atoms with Crippen molar-refractivity contribution in [1.29, 1.82) is 0 Å². The van der Waals surface area contributed by atoms with Crippen molar-refractivity contribution in [2.24, 2.45) is 0 Å². The number of H-pyrrole nitrogens is 1. The van der Waals surface area contributed by atoms with Crippen molar-refractivity contribution in [2.45, 2.75) is 45.1 Å². The zero-order valence-corrected chi connectivity index (χ0v) is 20.9. The quantitative estimate of drug-likeness (QED) is 0.393. The number of hydrogen-bond donors (Lipinski definition) is 1. The third kappa shape index (κ3) is 5.44. The lowest BCUT2D eigenvalue weighted by molar-refractivity contribution is -0.133. The normalized spacial score (nSPS) is 16.4. The maximum atomic E-state index is 13.4. The van der Waals surface area contributed by atoms with E-state index < -0.39 is 0 Å². The molecule has 7 nitrogen and oxygen atoms in total. The molecule has 5 rings (SSSR count). The maximum absolute atomic E-state index is 13.4. The zero-order chi connectivity index (χ0) is 24.2. The molecule has 0 unspecified atom stereocenters. The number of hydrogen-bond acceptors (Lipinski definition) is 6. The van der Waals surface area contributed by atoms with Crippen molar-refractivity contribution in [3.05, 3.63) is 69.7 Å². The molecule has 182 valence electrons. The van der Waals surface area contributed by atoms with E-state index in [1.165, 1.54) is 4.70 Å². The zero-order valence-electron chi connectivity index (χ0n) is 20.1. The number of carbonyl (C=O) groups is 1. The summed E-state index contributed by atoms with van der Waals surface area (Å²) in [5, 5.41) is 1.71. The van der Waals surface area contributed by atoms with Crippen LogP contribution < -0.4 is 5.56 Å². The average molecular weight is 490 g/mol. The van der Waals surface area contributed by atoms with E-state index in [2.05, 4.69) is 33.9 Å². The summed E-state index contributed by atoms with van der Waals surface area (Å²) in [5.74, 6) is 1.02. The fourth-order valence-electron chi connectivity index (χ4n) is 4.78. The minimum Gasteiger partial charge on any atom is -0.341 e. The summed E-state index contributed by atoms with van der Waals surface area (Å²) in [6, 6.07) is 15.6. The Kier molecular flexibility index (Phi) is 7.20. The van der Waals surface area contributed by atoms with Gasteiger partial charge in [0, 0.05) is 19.0 Å². The number of thiazole rings is 1. The topological polar surface area (TPSA) is 82.2 Å². The van der Waals surface area contributed by atoms with Crippen LogP contribution in [0.1, 0.15) is 49.4 Å². The molecule has 2 aromatic carbocycles. The molecule has 0 saturated carbocycles. The number of aromatic nitrogens is 3. The van der Waals surface area contributed by atoms with Gasteiger partial charge in [0.2, 0.25) is 5.91 Å². The SMILES string of the molecule is CCCCN(CC(=O)N1CCC[C@@H](c2nc3ccccc3s2)C1)Cc1nc2ccccc2c(=O)[nH]1. The Bertz CT molecular complexity index is 1350. The molecule has 2 aromatic heterocycles. The van der Waals surface area contributed by atoms with Crippen LogP contribution in [-0.4, -0.2) is 56.8 Å². The molecular weight excluding hydrogens is 458 g/mol. The highest BCUT2D eigenvalue weighted by Gasteiger charge is 2.28. The molecule has 1 saturated heterocycles. The molecule has 1 aliphatic rings. The summed E-state index contributed by atoms with van der Waals surface area (Å²) >= 11 is 1.75. The number of amides is 1. The number of piperidine rings is 1. The number of carbonyl (C=O) groups excluding carboxylic acids is 1.